The number of hydrogen-bond acceptors (Lipinski definition) is 3. The van der Waals surface area contributed by atoms with Gasteiger partial charge in [-0.3, -0.25) is 4.79 Å². The number of hydrogen-bond donors (Lipinski definition) is 2. The van der Waals surface area contributed by atoms with Gasteiger partial charge in [-0.1, -0.05) is 42.5 Å². The number of ether oxygens (including phenoxy) is 1. The van der Waals surface area contributed by atoms with Crippen LogP contribution in [0.15, 0.2) is 42.5 Å². The first kappa shape index (κ1) is 15.8. The molecule has 2 aromatic carbocycles. The minimum absolute atomic E-state index is 0. The van der Waals surface area contributed by atoms with Gasteiger partial charge in [0.1, 0.15) is 6.10 Å². The molecule has 5 heteroatoms. The largest absolute Gasteiger partial charge is 0.366 e. The minimum Gasteiger partial charge on any atom is -0.366 e. The SMILES string of the molecule is Cl.O=C(NCc1cccc2ccccc12)C1CNCCO1. The van der Waals surface area contributed by atoms with Crippen LogP contribution in [-0.4, -0.2) is 31.7 Å². The van der Waals surface area contributed by atoms with Gasteiger partial charge in [-0.05, 0) is 16.3 Å². The van der Waals surface area contributed by atoms with E-state index >= 15 is 0 Å². The topological polar surface area (TPSA) is 50.4 Å². The number of benzene rings is 2. The molecule has 0 radical (unpaired) electrons. The monoisotopic (exact) mass is 306 g/mol. The van der Waals surface area contributed by atoms with Crippen LogP contribution in [0.1, 0.15) is 5.56 Å². The van der Waals surface area contributed by atoms with E-state index in [2.05, 4.69) is 28.8 Å². The van der Waals surface area contributed by atoms with Crippen molar-refractivity contribution in [3.05, 3.63) is 48.0 Å². The summed E-state index contributed by atoms with van der Waals surface area (Å²) < 4.78 is 5.44. The summed E-state index contributed by atoms with van der Waals surface area (Å²) in [5.74, 6) is -0.0508. The van der Waals surface area contributed by atoms with E-state index < -0.39 is 0 Å². The molecule has 1 saturated heterocycles. The van der Waals surface area contributed by atoms with Gasteiger partial charge in [-0.2, -0.15) is 0 Å². The zero-order valence-corrected chi connectivity index (χ0v) is 12.5. The zero-order chi connectivity index (χ0) is 13.8. The Labute approximate surface area is 130 Å². The van der Waals surface area contributed by atoms with E-state index in [1.807, 2.05) is 24.3 Å². The van der Waals surface area contributed by atoms with Gasteiger partial charge >= 0.3 is 0 Å². The molecule has 0 aromatic heterocycles. The molecule has 0 spiro atoms. The van der Waals surface area contributed by atoms with Crippen molar-refractivity contribution in [3.8, 4) is 0 Å². The number of rotatable bonds is 3. The fraction of sp³-hybridized carbons (Fsp3) is 0.312. The molecule has 1 fully saturated rings. The maximum absolute atomic E-state index is 12.0. The summed E-state index contributed by atoms with van der Waals surface area (Å²) in [4.78, 5) is 12.0. The van der Waals surface area contributed by atoms with Crippen LogP contribution in [0.2, 0.25) is 0 Å². The second-order valence-electron chi connectivity index (χ2n) is 4.92. The molecular weight excluding hydrogens is 288 g/mol. The summed E-state index contributed by atoms with van der Waals surface area (Å²) in [6, 6.07) is 14.3. The van der Waals surface area contributed by atoms with Crippen molar-refractivity contribution in [2.45, 2.75) is 12.6 Å². The molecule has 1 atom stereocenters. The van der Waals surface area contributed by atoms with E-state index in [9.17, 15) is 4.79 Å². The third-order valence-corrected chi connectivity index (χ3v) is 3.55. The summed E-state index contributed by atoms with van der Waals surface area (Å²) in [5.41, 5.74) is 1.13. The number of halogens is 1. The molecule has 2 aromatic rings. The summed E-state index contributed by atoms with van der Waals surface area (Å²) in [5, 5.41) is 8.48. The molecule has 3 rings (SSSR count). The Hall–Kier alpha value is -1.62. The normalized spacial score (nSPS) is 18.0. The Morgan fingerprint density at radius 2 is 2.05 bits per heavy atom. The van der Waals surface area contributed by atoms with E-state index in [0.717, 1.165) is 12.1 Å². The molecule has 2 N–H and O–H groups in total. The summed E-state index contributed by atoms with van der Waals surface area (Å²) in [7, 11) is 0. The summed E-state index contributed by atoms with van der Waals surface area (Å²) in [6.45, 7) is 2.51. The Kier molecular flexibility index (Phi) is 5.56. The molecule has 0 aliphatic carbocycles. The lowest BCUT2D eigenvalue weighted by Crippen LogP contribution is -2.47. The maximum Gasteiger partial charge on any atom is 0.250 e. The van der Waals surface area contributed by atoms with Crippen LogP contribution in [0.3, 0.4) is 0 Å². The van der Waals surface area contributed by atoms with Crippen molar-refractivity contribution in [1.29, 1.82) is 0 Å². The first-order chi connectivity index (χ1) is 9.84. The van der Waals surface area contributed by atoms with Crippen LogP contribution in [0, 0.1) is 0 Å². The second-order valence-corrected chi connectivity index (χ2v) is 4.92. The zero-order valence-electron chi connectivity index (χ0n) is 11.7. The third-order valence-electron chi connectivity index (χ3n) is 3.55. The minimum atomic E-state index is -0.376. The van der Waals surface area contributed by atoms with E-state index in [0.29, 0.717) is 19.7 Å². The fourth-order valence-electron chi connectivity index (χ4n) is 2.48. The summed E-state index contributed by atoms with van der Waals surface area (Å²) >= 11 is 0. The standard InChI is InChI=1S/C16H18N2O2.ClH/c19-16(15-11-17-8-9-20-15)18-10-13-6-3-5-12-4-1-2-7-14(12)13;/h1-7,15,17H,8-11H2,(H,18,19);1H. The molecule has 112 valence electrons. The van der Waals surface area contributed by atoms with Crippen molar-refractivity contribution in [3.63, 3.8) is 0 Å². The van der Waals surface area contributed by atoms with Gasteiger partial charge in [-0.25, -0.2) is 0 Å². The average Bonchev–Trinajstić information content (AvgIpc) is 2.53. The molecule has 1 unspecified atom stereocenters. The molecule has 21 heavy (non-hydrogen) atoms. The van der Waals surface area contributed by atoms with Crippen LogP contribution in [0.5, 0.6) is 0 Å². The van der Waals surface area contributed by atoms with Gasteiger partial charge < -0.3 is 15.4 Å². The highest BCUT2D eigenvalue weighted by molar-refractivity contribution is 5.86. The highest BCUT2D eigenvalue weighted by atomic mass is 35.5. The Morgan fingerprint density at radius 3 is 2.86 bits per heavy atom. The lowest BCUT2D eigenvalue weighted by Gasteiger charge is -2.22. The lowest BCUT2D eigenvalue weighted by molar-refractivity contribution is -0.134. The Morgan fingerprint density at radius 1 is 1.24 bits per heavy atom. The number of carbonyl (C=O) groups excluding carboxylic acids is 1. The Balaban J connectivity index is 0.00000161. The number of nitrogens with one attached hydrogen (secondary N) is 2. The smallest absolute Gasteiger partial charge is 0.250 e. The van der Waals surface area contributed by atoms with Gasteiger partial charge in [0, 0.05) is 19.6 Å². The molecule has 1 amide bonds. The van der Waals surface area contributed by atoms with Crippen molar-refractivity contribution in [2.24, 2.45) is 0 Å². The first-order valence-corrected chi connectivity index (χ1v) is 6.91. The number of morpholine rings is 1. The first-order valence-electron chi connectivity index (χ1n) is 6.91. The van der Waals surface area contributed by atoms with Crippen LogP contribution in [0.25, 0.3) is 10.8 Å². The highest BCUT2D eigenvalue weighted by Gasteiger charge is 2.21. The molecule has 1 aliphatic heterocycles. The average molecular weight is 307 g/mol. The van der Waals surface area contributed by atoms with Crippen LogP contribution in [0.4, 0.5) is 0 Å². The van der Waals surface area contributed by atoms with E-state index in [1.54, 1.807) is 0 Å². The summed E-state index contributed by atoms with van der Waals surface area (Å²) in [6.07, 6.45) is -0.376. The van der Waals surface area contributed by atoms with Gasteiger partial charge in [0.05, 0.1) is 6.61 Å². The predicted molar refractivity (Wildman–Crippen MR) is 85.7 cm³/mol. The van der Waals surface area contributed by atoms with Crippen molar-refractivity contribution in [2.75, 3.05) is 19.7 Å². The third kappa shape index (κ3) is 3.73. The highest BCUT2D eigenvalue weighted by Crippen LogP contribution is 2.18. The van der Waals surface area contributed by atoms with Gasteiger partial charge in [-0.15, -0.1) is 12.4 Å². The van der Waals surface area contributed by atoms with Crippen molar-refractivity contribution in [1.82, 2.24) is 10.6 Å². The van der Waals surface area contributed by atoms with Gasteiger partial charge in [0.2, 0.25) is 0 Å². The Bertz CT molecular complexity index is 607. The lowest BCUT2D eigenvalue weighted by atomic mass is 10.0. The molecule has 1 aliphatic rings. The van der Waals surface area contributed by atoms with Crippen LogP contribution in [-0.2, 0) is 16.1 Å². The number of amides is 1. The van der Waals surface area contributed by atoms with Crippen molar-refractivity contribution < 1.29 is 9.53 Å². The van der Waals surface area contributed by atoms with Crippen molar-refractivity contribution >= 4 is 29.1 Å². The molecule has 1 heterocycles. The second kappa shape index (κ2) is 7.41. The quantitative estimate of drug-likeness (QED) is 0.910. The molecule has 4 nitrogen and oxygen atoms in total. The van der Waals surface area contributed by atoms with E-state index in [1.165, 1.54) is 10.8 Å². The van der Waals surface area contributed by atoms with E-state index in [4.69, 9.17) is 4.74 Å². The van der Waals surface area contributed by atoms with Gasteiger partial charge in [0.15, 0.2) is 0 Å². The fourth-order valence-corrected chi connectivity index (χ4v) is 2.48. The predicted octanol–water partition coefficient (Wildman–Crippen LogP) is 1.87. The van der Waals surface area contributed by atoms with Crippen LogP contribution < -0.4 is 10.6 Å². The molecule has 0 saturated carbocycles. The van der Waals surface area contributed by atoms with E-state index in [-0.39, 0.29) is 24.4 Å². The molecule has 0 bridgehead atoms. The maximum atomic E-state index is 12.0. The van der Waals surface area contributed by atoms with Crippen LogP contribution >= 0.6 is 12.4 Å². The number of carbonyl (C=O) groups is 1. The number of fused-ring (bicyclic) bond motifs is 1. The molecular formula is C16H19ClN2O2. The van der Waals surface area contributed by atoms with Gasteiger partial charge in [0.25, 0.3) is 5.91 Å².